The second kappa shape index (κ2) is 8.78. The lowest BCUT2D eigenvalue weighted by molar-refractivity contribution is 0.0758. The van der Waals surface area contributed by atoms with Gasteiger partial charge in [-0.1, -0.05) is 102 Å². The van der Waals surface area contributed by atoms with Crippen molar-refractivity contribution in [3.8, 4) is 0 Å². The molecule has 0 radical (unpaired) electrons. The summed E-state index contributed by atoms with van der Waals surface area (Å²) >= 11 is 0. The highest BCUT2D eigenvalue weighted by Gasteiger charge is 2.48. The van der Waals surface area contributed by atoms with Gasteiger partial charge in [-0.2, -0.15) is 0 Å². The van der Waals surface area contributed by atoms with E-state index >= 15 is 0 Å². The fourth-order valence-electron chi connectivity index (χ4n) is 4.27. The van der Waals surface area contributed by atoms with Gasteiger partial charge in [0, 0.05) is 5.56 Å². The highest BCUT2D eigenvalue weighted by molar-refractivity contribution is 6.77. The highest BCUT2D eigenvalue weighted by Crippen LogP contribution is 2.45. The van der Waals surface area contributed by atoms with Crippen LogP contribution in [0.15, 0.2) is 60.7 Å². The summed E-state index contributed by atoms with van der Waals surface area (Å²) in [7, 11) is -2.19. The molecule has 2 aromatic carbocycles. The zero-order chi connectivity index (χ0) is 19.3. The van der Waals surface area contributed by atoms with Gasteiger partial charge < -0.3 is 4.43 Å². The number of ketones is 1. The van der Waals surface area contributed by atoms with Crippen molar-refractivity contribution >= 4 is 14.1 Å². The summed E-state index contributed by atoms with van der Waals surface area (Å²) in [5, 5.41) is 0. The van der Waals surface area contributed by atoms with Crippen molar-refractivity contribution in [3.63, 3.8) is 0 Å². The van der Waals surface area contributed by atoms with Crippen LogP contribution in [0.5, 0.6) is 0 Å². The fraction of sp³-hybridized carbons (Fsp3) is 0.435. The summed E-state index contributed by atoms with van der Waals surface area (Å²) < 4.78 is 6.91. The molecule has 26 heavy (non-hydrogen) atoms. The molecule has 0 aliphatic heterocycles. The number of carbonyl (C=O) groups is 1. The molecule has 0 saturated carbocycles. The third-order valence-electron chi connectivity index (χ3n) is 5.43. The van der Waals surface area contributed by atoms with Crippen LogP contribution in [0.3, 0.4) is 0 Å². The van der Waals surface area contributed by atoms with Crippen LogP contribution in [0.2, 0.25) is 16.6 Å². The minimum absolute atomic E-state index is 0.0515. The largest absolute Gasteiger partial charge is 0.402 e. The van der Waals surface area contributed by atoms with Crippen LogP contribution in [0.25, 0.3) is 0 Å². The molecule has 0 fully saturated rings. The molecule has 0 aliphatic rings. The van der Waals surface area contributed by atoms with Crippen molar-refractivity contribution in [1.82, 2.24) is 0 Å². The van der Waals surface area contributed by atoms with Gasteiger partial charge in [-0.3, -0.25) is 4.79 Å². The van der Waals surface area contributed by atoms with E-state index in [1.54, 1.807) is 0 Å². The third kappa shape index (κ3) is 4.16. The smallest absolute Gasteiger partial charge is 0.201 e. The molecule has 0 spiro atoms. The number of hydrogen-bond donors (Lipinski definition) is 0. The molecule has 140 valence electrons. The lowest BCUT2D eigenvalue weighted by Gasteiger charge is -2.44. The Morgan fingerprint density at radius 3 is 1.58 bits per heavy atom. The number of Topliss-reactive ketones (excluding diaryl/α,β-unsaturated/α-hetero) is 1. The first-order chi connectivity index (χ1) is 12.3. The lowest BCUT2D eigenvalue weighted by Crippen LogP contribution is -2.49. The predicted octanol–water partition coefficient (Wildman–Crippen LogP) is 6.80. The Morgan fingerprint density at radius 1 is 0.731 bits per heavy atom. The Hall–Kier alpha value is -1.71. The van der Waals surface area contributed by atoms with Gasteiger partial charge in [-0.15, -0.1) is 0 Å². The summed E-state index contributed by atoms with van der Waals surface area (Å²) in [6.45, 7) is 13.5. The van der Waals surface area contributed by atoms with Crippen LogP contribution in [-0.4, -0.2) is 14.1 Å². The van der Waals surface area contributed by atoms with E-state index in [4.69, 9.17) is 4.43 Å². The van der Waals surface area contributed by atoms with Crippen molar-refractivity contribution in [3.05, 3.63) is 71.8 Å². The first-order valence-corrected chi connectivity index (χ1v) is 11.8. The van der Waals surface area contributed by atoms with Gasteiger partial charge in [0.25, 0.3) is 0 Å². The van der Waals surface area contributed by atoms with Gasteiger partial charge in [0.1, 0.15) is 6.10 Å². The van der Waals surface area contributed by atoms with E-state index in [1.165, 1.54) is 0 Å². The van der Waals surface area contributed by atoms with Gasteiger partial charge in [-0.25, -0.2) is 0 Å². The lowest BCUT2D eigenvalue weighted by atomic mass is 10.0. The molecule has 3 heteroatoms. The molecule has 0 aromatic heterocycles. The highest BCUT2D eigenvalue weighted by atomic mass is 28.4. The molecule has 1 unspecified atom stereocenters. The summed E-state index contributed by atoms with van der Waals surface area (Å²) in [5.74, 6) is 0.0515. The minimum atomic E-state index is -2.19. The van der Waals surface area contributed by atoms with E-state index in [1.807, 2.05) is 60.7 Å². The SMILES string of the molecule is CC(C)[Si](OC(C(=O)c1ccccc1)c1ccccc1)(C(C)C)C(C)C. The molecule has 1 atom stereocenters. The zero-order valence-corrected chi connectivity index (χ0v) is 17.9. The molecule has 0 amide bonds. The van der Waals surface area contributed by atoms with E-state index in [0.29, 0.717) is 22.2 Å². The number of hydrogen-bond acceptors (Lipinski definition) is 2. The Labute approximate surface area is 159 Å². The zero-order valence-electron chi connectivity index (χ0n) is 16.9. The molecular weight excluding hydrogens is 336 g/mol. The topological polar surface area (TPSA) is 26.3 Å². The summed E-state index contributed by atoms with van der Waals surface area (Å²) in [4.78, 5) is 13.4. The van der Waals surface area contributed by atoms with E-state index in [0.717, 1.165) is 5.56 Å². The summed E-state index contributed by atoms with van der Waals surface area (Å²) in [5.41, 5.74) is 2.94. The molecule has 2 aromatic rings. The van der Waals surface area contributed by atoms with E-state index in [2.05, 4.69) is 41.5 Å². The molecule has 0 saturated heterocycles. The quantitative estimate of drug-likeness (QED) is 0.378. The minimum Gasteiger partial charge on any atom is -0.402 e. The van der Waals surface area contributed by atoms with Crippen molar-refractivity contribution in [2.24, 2.45) is 0 Å². The van der Waals surface area contributed by atoms with E-state index in [9.17, 15) is 4.79 Å². The average molecular weight is 369 g/mol. The maximum atomic E-state index is 13.4. The molecule has 2 rings (SSSR count). The predicted molar refractivity (Wildman–Crippen MR) is 112 cm³/mol. The van der Waals surface area contributed by atoms with Gasteiger partial charge in [0.2, 0.25) is 8.32 Å². The summed E-state index contributed by atoms with van der Waals surface area (Å²) in [6.07, 6.45) is -0.544. The van der Waals surface area contributed by atoms with E-state index < -0.39 is 14.4 Å². The van der Waals surface area contributed by atoms with E-state index in [-0.39, 0.29) is 5.78 Å². The molecular formula is C23H32O2Si. The van der Waals surface area contributed by atoms with Crippen LogP contribution in [-0.2, 0) is 4.43 Å². The summed E-state index contributed by atoms with van der Waals surface area (Å²) in [6, 6.07) is 19.5. The normalized spacial score (nSPS) is 13.4. The Morgan fingerprint density at radius 2 is 1.15 bits per heavy atom. The maximum Gasteiger partial charge on any atom is 0.201 e. The molecule has 2 nitrogen and oxygen atoms in total. The molecule has 0 heterocycles. The van der Waals surface area contributed by atoms with Gasteiger partial charge >= 0.3 is 0 Å². The van der Waals surface area contributed by atoms with Crippen LogP contribution in [0.1, 0.15) is 63.6 Å². The number of rotatable bonds is 8. The van der Waals surface area contributed by atoms with Crippen molar-refractivity contribution < 1.29 is 9.22 Å². The first kappa shape index (κ1) is 20.6. The second-order valence-corrected chi connectivity index (χ2v) is 13.4. The molecule has 0 aliphatic carbocycles. The molecule has 0 bridgehead atoms. The van der Waals surface area contributed by atoms with Gasteiger partial charge in [-0.05, 0) is 22.2 Å². The van der Waals surface area contributed by atoms with Crippen molar-refractivity contribution in [2.75, 3.05) is 0 Å². The van der Waals surface area contributed by atoms with Gasteiger partial charge in [0.05, 0.1) is 0 Å². The van der Waals surface area contributed by atoms with Crippen LogP contribution in [0, 0.1) is 0 Å². The molecule has 0 N–H and O–H groups in total. The monoisotopic (exact) mass is 368 g/mol. The Bertz CT molecular complexity index is 671. The third-order valence-corrected chi connectivity index (χ3v) is 11.5. The van der Waals surface area contributed by atoms with Crippen LogP contribution in [0.4, 0.5) is 0 Å². The number of benzene rings is 2. The first-order valence-electron chi connectivity index (χ1n) is 9.62. The second-order valence-electron chi connectivity index (χ2n) is 7.96. The Balaban J connectivity index is 2.52. The fourth-order valence-corrected chi connectivity index (χ4v) is 9.73. The van der Waals surface area contributed by atoms with Crippen molar-refractivity contribution in [1.29, 1.82) is 0 Å². The maximum absolute atomic E-state index is 13.4. The standard InChI is InChI=1S/C23H32O2Si/c1-17(2)26(18(3)4,19(5)6)25-23(21-15-11-8-12-16-21)22(24)20-13-9-7-10-14-20/h7-19,23H,1-6H3. The van der Waals surface area contributed by atoms with Crippen LogP contribution >= 0.6 is 0 Å². The number of carbonyl (C=O) groups excluding carboxylic acids is 1. The average Bonchev–Trinajstić information content (AvgIpc) is 2.62. The Kier molecular flexibility index (Phi) is 6.96. The van der Waals surface area contributed by atoms with Crippen LogP contribution < -0.4 is 0 Å². The van der Waals surface area contributed by atoms with Crippen molar-refractivity contribution in [2.45, 2.75) is 64.3 Å². The van der Waals surface area contributed by atoms with Gasteiger partial charge in [0.15, 0.2) is 5.78 Å².